The summed E-state index contributed by atoms with van der Waals surface area (Å²) in [4.78, 5) is 22.5. The highest BCUT2D eigenvalue weighted by atomic mass is 32.2. The van der Waals surface area contributed by atoms with Crippen LogP contribution in [0.25, 0.3) is 0 Å². The second-order valence-corrected chi connectivity index (χ2v) is 5.87. The van der Waals surface area contributed by atoms with E-state index in [-0.39, 0.29) is 5.56 Å². The number of thioether (sulfide) groups is 1. The Morgan fingerprint density at radius 3 is 2.29 bits per heavy atom. The number of hydrogen-bond donors (Lipinski definition) is 2. The van der Waals surface area contributed by atoms with Crippen LogP contribution in [0, 0.1) is 6.92 Å². The Morgan fingerprint density at radius 2 is 1.82 bits per heavy atom. The number of benzene rings is 1. The molecule has 0 saturated heterocycles. The molecule has 1 rings (SSSR count). The molecule has 0 saturated carbocycles. The lowest BCUT2D eigenvalue weighted by molar-refractivity contribution is -0.138. The van der Waals surface area contributed by atoms with Crippen LogP contribution in [-0.2, 0) is 4.79 Å². The molecule has 5 heteroatoms. The molecule has 0 fully saturated rings. The lowest BCUT2D eigenvalue weighted by Gasteiger charge is -2.19. The van der Waals surface area contributed by atoms with Crippen molar-refractivity contribution in [3.63, 3.8) is 0 Å². The fourth-order valence-electron chi connectivity index (χ4n) is 1.16. The van der Waals surface area contributed by atoms with E-state index in [4.69, 9.17) is 10.2 Å². The summed E-state index contributed by atoms with van der Waals surface area (Å²) in [6, 6.07) is 4.70. The molecule has 0 radical (unpaired) electrons. The zero-order valence-electron chi connectivity index (χ0n) is 9.85. The first-order chi connectivity index (χ1) is 7.74. The molecule has 0 aliphatic carbocycles. The van der Waals surface area contributed by atoms with Crippen LogP contribution < -0.4 is 0 Å². The second-order valence-electron chi connectivity index (χ2n) is 4.20. The standard InChI is InChI=1S/C12H14O4S/c1-7-4-5-8(10(13)14)6-9(7)17-12(2,3)11(15)16/h4-6H,1-3H3,(H,13,14)(H,15,16). The molecule has 0 amide bonds. The molecule has 0 aliphatic rings. The van der Waals surface area contributed by atoms with Gasteiger partial charge in [0.25, 0.3) is 0 Å². The lowest BCUT2D eigenvalue weighted by atomic mass is 10.1. The van der Waals surface area contributed by atoms with Crippen molar-refractivity contribution in [3.05, 3.63) is 29.3 Å². The minimum absolute atomic E-state index is 0.166. The molecule has 2 N–H and O–H groups in total. The molecular formula is C12H14O4S. The van der Waals surface area contributed by atoms with Crippen LogP contribution in [0.3, 0.4) is 0 Å². The van der Waals surface area contributed by atoms with Gasteiger partial charge in [-0.2, -0.15) is 0 Å². The molecular weight excluding hydrogens is 240 g/mol. The van der Waals surface area contributed by atoms with Crippen LogP contribution in [-0.4, -0.2) is 26.9 Å². The van der Waals surface area contributed by atoms with Crippen LogP contribution in [0.2, 0.25) is 0 Å². The number of carboxylic acids is 2. The van der Waals surface area contributed by atoms with E-state index >= 15 is 0 Å². The van der Waals surface area contributed by atoms with E-state index in [9.17, 15) is 9.59 Å². The van der Waals surface area contributed by atoms with Gasteiger partial charge >= 0.3 is 11.9 Å². The van der Waals surface area contributed by atoms with Gasteiger partial charge in [0, 0.05) is 4.90 Å². The molecule has 92 valence electrons. The largest absolute Gasteiger partial charge is 0.480 e. The highest BCUT2D eigenvalue weighted by Crippen LogP contribution is 2.35. The Balaban J connectivity index is 3.10. The van der Waals surface area contributed by atoms with Crippen LogP contribution in [0.15, 0.2) is 23.1 Å². The summed E-state index contributed by atoms with van der Waals surface area (Å²) in [7, 11) is 0. The predicted octanol–water partition coefficient (Wildman–Crippen LogP) is 2.65. The van der Waals surface area contributed by atoms with Crippen LogP contribution >= 0.6 is 11.8 Å². The molecule has 0 heterocycles. The summed E-state index contributed by atoms with van der Waals surface area (Å²) in [6.45, 7) is 5.01. The van der Waals surface area contributed by atoms with E-state index in [1.807, 2.05) is 6.92 Å². The third kappa shape index (κ3) is 3.23. The fourth-order valence-corrected chi connectivity index (χ4v) is 2.21. The summed E-state index contributed by atoms with van der Waals surface area (Å²) in [5, 5.41) is 17.9. The van der Waals surface area contributed by atoms with Crippen molar-refractivity contribution in [3.8, 4) is 0 Å². The van der Waals surface area contributed by atoms with Crippen molar-refractivity contribution < 1.29 is 19.8 Å². The summed E-state index contributed by atoms with van der Waals surface area (Å²) >= 11 is 1.15. The quantitative estimate of drug-likeness (QED) is 0.808. The van der Waals surface area contributed by atoms with E-state index in [1.54, 1.807) is 19.9 Å². The van der Waals surface area contributed by atoms with E-state index in [1.165, 1.54) is 12.1 Å². The minimum Gasteiger partial charge on any atom is -0.480 e. The van der Waals surface area contributed by atoms with Crippen molar-refractivity contribution in [2.24, 2.45) is 0 Å². The Morgan fingerprint density at radius 1 is 1.24 bits per heavy atom. The topological polar surface area (TPSA) is 74.6 Å². The van der Waals surface area contributed by atoms with Crippen molar-refractivity contribution in [1.82, 2.24) is 0 Å². The van der Waals surface area contributed by atoms with Gasteiger partial charge in [0.1, 0.15) is 4.75 Å². The van der Waals surface area contributed by atoms with Gasteiger partial charge in [0.2, 0.25) is 0 Å². The van der Waals surface area contributed by atoms with Crippen molar-refractivity contribution >= 4 is 23.7 Å². The highest BCUT2D eigenvalue weighted by molar-refractivity contribution is 8.01. The SMILES string of the molecule is Cc1ccc(C(=O)O)cc1SC(C)(C)C(=O)O. The maximum atomic E-state index is 11.0. The number of hydrogen-bond acceptors (Lipinski definition) is 3. The summed E-state index contributed by atoms with van der Waals surface area (Å²) in [5.74, 6) is -1.94. The Kier molecular flexibility index (Phi) is 3.83. The van der Waals surface area contributed by atoms with Gasteiger partial charge in [-0.1, -0.05) is 6.07 Å². The first-order valence-corrected chi connectivity index (χ1v) is 5.82. The molecule has 4 nitrogen and oxygen atoms in total. The number of carboxylic acid groups (broad SMARTS) is 2. The molecule has 17 heavy (non-hydrogen) atoms. The molecule has 0 aromatic heterocycles. The average molecular weight is 254 g/mol. The highest BCUT2D eigenvalue weighted by Gasteiger charge is 2.29. The first-order valence-electron chi connectivity index (χ1n) is 5.00. The van der Waals surface area contributed by atoms with Gasteiger partial charge < -0.3 is 10.2 Å². The lowest BCUT2D eigenvalue weighted by Crippen LogP contribution is -2.27. The molecule has 1 aromatic rings. The van der Waals surface area contributed by atoms with Crippen LogP contribution in [0.1, 0.15) is 29.8 Å². The number of carbonyl (C=O) groups is 2. The van der Waals surface area contributed by atoms with Gasteiger partial charge in [-0.25, -0.2) is 4.79 Å². The summed E-state index contributed by atoms with van der Waals surface area (Å²) in [5.41, 5.74) is 1.04. The summed E-state index contributed by atoms with van der Waals surface area (Å²) in [6.07, 6.45) is 0. The normalized spacial score (nSPS) is 11.2. The van der Waals surface area contributed by atoms with Gasteiger partial charge in [-0.3, -0.25) is 4.79 Å². The Bertz CT molecular complexity index is 466. The molecule has 0 unspecified atom stereocenters. The Hall–Kier alpha value is -1.49. The minimum atomic E-state index is -1.01. The molecule has 0 spiro atoms. The third-order valence-corrected chi connectivity index (χ3v) is 3.66. The van der Waals surface area contributed by atoms with Gasteiger partial charge in [0.05, 0.1) is 5.56 Å². The second kappa shape index (κ2) is 4.79. The molecule has 0 atom stereocenters. The zero-order valence-corrected chi connectivity index (χ0v) is 10.7. The molecule has 0 bridgehead atoms. The van der Waals surface area contributed by atoms with E-state index in [2.05, 4.69) is 0 Å². The summed E-state index contributed by atoms with van der Waals surface area (Å²) < 4.78 is -0.984. The number of aryl methyl sites for hydroxylation is 1. The van der Waals surface area contributed by atoms with Crippen LogP contribution in [0.4, 0.5) is 0 Å². The number of aromatic carboxylic acids is 1. The number of aliphatic carboxylic acids is 1. The predicted molar refractivity (Wildman–Crippen MR) is 65.7 cm³/mol. The zero-order chi connectivity index (χ0) is 13.2. The first kappa shape index (κ1) is 13.6. The van der Waals surface area contributed by atoms with Crippen molar-refractivity contribution in [2.45, 2.75) is 30.4 Å². The fraction of sp³-hybridized carbons (Fsp3) is 0.333. The smallest absolute Gasteiger partial charge is 0.335 e. The third-order valence-electron chi connectivity index (χ3n) is 2.32. The maximum Gasteiger partial charge on any atom is 0.335 e. The van der Waals surface area contributed by atoms with E-state index in [0.29, 0.717) is 4.90 Å². The van der Waals surface area contributed by atoms with E-state index < -0.39 is 16.7 Å². The van der Waals surface area contributed by atoms with Crippen LogP contribution in [0.5, 0.6) is 0 Å². The van der Waals surface area contributed by atoms with Crippen molar-refractivity contribution in [2.75, 3.05) is 0 Å². The average Bonchev–Trinajstić information content (AvgIpc) is 2.20. The van der Waals surface area contributed by atoms with Gasteiger partial charge in [-0.05, 0) is 38.5 Å². The van der Waals surface area contributed by atoms with Crippen molar-refractivity contribution in [1.29, 1.82) is 0 Å². The monoisotopic (exact) mass is 254 g/mol. The van der Waals surface area contributed by atoms with E-state index in [0.717, 1.165) is 17.3 Å². The van der Waals surface area contributed by atoms with Gasteiger partial charge in [0.15, 0.2) is 0 Å². The Labute approximate surface area is 104 Å². The van der Waals surface area contributed by atoms with Gasteiger partial charge in [-0.15, -0.1) is 11.8 Å². The maximum absolute atomic E-state index is 11.0. The molecule has 0 aliphatic heterocycles. The molecule has 1 aromatic carbocycles. The number of rotatable bonds is 4.